The maximum absolute atomic E-state index is 12.3. The molecule has 1 aliphatic rings. The van der Waals surface area contributed by atoms with Gasteiger partial charge in [0.05, 0.1) is 6.61 Å². The number of hydrogen-bond donors (Lipinski definition) is 0. The van der Waals surface area contributed by atoms with Crippen LogP contribution < -0.4 is 0 Å². The fraction of sp³-hybridized carbons (Fsp3) is 0.600. The highest BCUT2D eigenvalue weighted by molar-refractivity contribution is 5.96. The van der Waals surface area contributed by atoms with Crippen molar-refractivity contribution >= 4 is 11.8 Å². The molecule has 1 aromatic carbocycles. The lowest BCUT2D eigenvalue weighted by Crippen LogP contribution is -2.29. The Hall–Kier alpha value is -1.68. The molecule has 132 valence electrons. The Kier molecular flexibility index (Phi) is 7.96. The lowest BCUT2D eigenvalue weighted by Gasteiger charge is -2.26. The first-order valence-corrected chi connectivity index (χ1v) is 9.19. The SMILES string of the molecule is CCOC(=O)CCCCC(=O)c1cccc(CN2CCCCC2)c1. The van der Waals surface area contributed by atoms with Gasteiger partial charge in [0.1, 0.15) is 0 Å². The van der Waals surface area contributed by atoms with E-state index in [0.29, 0.717) is 25.9 Å². The van der Waals surface area contributed by atoms with Crippen LogP contribution >= 0.6 is 0 Å². The molecule has 0 amide bonds. The van der Waals surface area contributed by atoms with E-state index in [2.05, 4.69) is 11.0 Å². The molecule has 0 unspecified atom stereocenters. The standard InChI is InChI=1S/C20H29NO3/c1-2-24-20(23)12-5-4-11-19(22)18-10-8-9-17(15-18)16-21-13-6-3-7-14-21/h8-10,15H,2-7,11-14,16H2,1H3. The number of ketones is 1. The summed E-state index contributed by atoms with van der Waals surface area (Å²) in [6.07, 6.45) is 6.22. The molecular weight excluding hydrogens is 302 g/mol. The van der Waals surface area contributed by atoms with Gasteiger partial charge in [-0.05, 0) is 57.3 Å². The summed E-state index contributed by atoms with van der Waals surface area (Å²) in [4.78, 5) is 26.1. The summed E-state index contributed by atoms with van der Waals surface area (Å²) in [7, 11) is 0. The first-order chi connectivity index (χ1) is 11.7. The minimum absolute atomic E-state index is 0.166. The average molecular weight is 331 g/mol. The van der Waals surface area contributed by atoms with Crippen LogP contribution in [0.15, 0.2) is 24.3 Å². The van der Waals surface area contributed by atoms with E-state index in [1.165, 1.54) is 24.8 Å². The molecule has 4 heteroatoms. The Morgan fingerprint density at radius 1 is 1.08 bits per heavy atom. The van der Waals surface area contributed by atoms with Gasteiger partial charge in [0.2, 0.25) is 0 Å². The molecule has 0 spiro atoms. The van der Waals surface area contributed by atoms with Crippen LogP contribution in [0.4, 0.5) is 0 Å². The van der Waals surface area contributed by atoms with Crippen molar-refractivity contribution in [1.29, 1.82) is 0 Å². The van der Waals surface area contributed by atoms with Gasteiger partial charge in [-0.2, -0.15) is 0 Å². The second-order valence-corrected chi connectivity index (χ2v) is 6.47. The average Bonchev–Trinajstić information content (AvgIpc) is 2.60. The number of ether oxygens (including phenoxy) is 1. The molecule has 1 aliphatic heterocycles. The van der Waals surface area contributed by atoms with Crippen molar-refractivity contribution in [1.82, 2.24) is 4.90 Å². The summed E-state index contributed by atoms with van der Waals surface area (Å²) in [5.74, 6) is -0.00664. The topological polar surface area (TPSA) is 46.6 Å². The van der Waals surface area contributed by atoms with Gasteiger partial charge >= 0.3 is 5.97 Å². The van der Waals surface area contributed by atoms with E-state index in [0.717, 1.165) is 31.6 Å². The summed E-state index contributed by atoms with van der Waals surface area (Å²) in [5, 5.41) is 0. The highest BCUT2D eigenvalue weighted by Gasteiger charge is 2.12. The monoisotopic (exact) mass is 331 g/mol. The van der Waals surface area contributed by atoms with Crippen LogP contribution in [0.3, 0.4) is 0 Å². The molecule has 24 heavy (non-hydrogen) atoms. The highest BCUT2D eigenvalue weighted by atomic mass is 16.5. The molecule has 0 aromatic heterocycles. The van der Waals surface area contributed by atoms with Crippen LogP contribution in [-0.4, -0.2) is 36.3 Å². The van der Waals surface area contributed by atoms with Crippen molar-refractivity contribution in [3.63, 3.8) is 0 Å². The van der Waals surface area contributed by atoms with Gasteiger partial charge in [0, 0.05) is 24.9 Å². The zero-order valence-corrected chi connectivity index (χ0v) is 14.8. The second-order valence-electron chi connectivity index (χ2n) is 6.47. The number of piperidine rings is 1. The minimum Gasteiger partial charge on any atom is -0.466 e. The van der Waals surface area contributed by atoms with Gasteiger partial charge in [-0.3, -0.25) is 14.5 Å². The van der Waals surface area contributed by atoms with E-state index >= 15 is 0 Å². The van der Waals surface area contributed by atoms with Crippen LogP contribution in [0.1, 0.15) is 67.8 Å². The van der Waals surface area contributed by atoms with E-state index in [9.17, 15) is 9.59 Å². The van der Waals surface area contributed by atoms with Crippen molar-refractivity contribution in [2.75, 3.05) is 19.7 Å². The van der Waals surface area contributed by atoms with Crippen LogP contribution in [-0.2, 0) is 16.1 Å². The Bertz CT molecular complexity index is 535. The van der Waals surface area contributed by atoms with E-state index in [1.807, 2.05) is 18.2 Å². The van der Waals surface area contributed by atoms with Crippen molar-refractivity contribution < 1.29 is 14.3 Å². The number of nitrogens with zero attached hydrogens (tertiary/aromatic N) is 1. The Labute approximate surface area is 145 Å². The molecule has 0 atom stereocenters. The Balaban J connectivity index is 1.77. The molecule has 0 N–H and O–H groups in total. The third-order valence-electron chi connectivity index (χ3n) is 4.44. The molecule has 4 nitrogen and oxygen atoms in total. The zero-order valence-electron chi connectivity index (χ0n) is 14.8. The molecule has 2 rings (SSSR count). The number of carbonyl (C=O) groups is 2. The number of likely N-dealkylation sites (tertiary alicyclic amines) is 1. The third kappa shape index (κ3) is 6.44. The van der Waals surface area contributed by atoms with Gasteiger partial charge in [-0.25, -0.2) is 0 Å². The number of Topliss-reactive ketones (excluding diaryl/α,β-unsaturated/α-hetero) is 1. The molecule has 1 heterocycles. The number of carbonyl (C=O) groups excluding carboxylic acids is 2. The molecule has 1 saturated heterocycles. The highest BCUT2D eigenvalue weighted by Crippen LogP contribution is 2.15. The zero-order chi connectivity index (χ0) is 17.2. The largest absolute Gasteiger partial charge is 0.466 e. The summed E-state index contributed by atoms with van der Waals surface area (Å²) < 4.78 is 4.89. The number of esters is 1. The predicted molar refractivity (Wildman–Crippen MR) is 95.0 cm³/mol. The fourth-order valence-corrected chi connectivity index (χ4v) is 3.15. The quantitative estimate of drug-likeness (QED) is 0.390. The van der Waals surface area contributed by atoms with E-state index in [1.54, 1.807) is 6.92 Å². The van der Waals surface area contributed by atoms with Crippen LogP contribution in [0.2, 0.25) is 0 Å². The first-order valence-electron chi connectivity index (χ1n) is 9.19. The predicted octanol–water partition coefficient (Wildman–Crippen LogP) is 3.98. The maximum atomic E-state index is 12.3. The van der Waals surface area contributed by atoms with Crippen LogP contribution in [0.25, 0.3) is 0 Å². The van der Waals surface area contributed by atoms with Crippen LogP contribution in [0, 0.1) is 0 Å². The van der Waals surface area contributed by atoms with E-state index in [4.69, 9.17) is 4.74 Å². The molecule has 1 fully saturated rings. The molecular formula is C20H29NO3. The van der Waals surface area contributed by atoms with E-state index < -0.39 is 0 Å². The number of hydrogen-bond acceptors (Lipinski definition) is 4. The Morgan fingerprint density at radius 2 is 1.83 bits per heavy atom. The first kappa shape index (κ1) is 18.7. The van der Waals surface area contributed by atoms with E-state index in [-0.39, 0.29) is 11.8 Å². The smallest absolute Gasteiger partial charge is 0.305 e. The van der Waals surface area contributed by atoms with Crippen molar-refractivity contribution in [3.05, 3.63) is 35.4 Å². The molecule has 0 radical (unpaired) electrons. The summed E-state index contributed by atoms with van der Waals surface area (Å²) in [6, 6.07) is 8.01. The third-order valence-corrected chi connectivity index (χ3v) is 4.44. The molecule has 0 saturated carbocycles. The lowest BCUT2D eigenvalue weighted by atomic mass is 10.0. The summed E-state index contributed by atoms with van der Waals surface area (Å²) in [5.41, 5.74) is 2.01. The van der Waals surface area contributed by atoms with Gasteiger partial charge < -0.3 is 4.74 Å². The van der Waals surface area contributed by atoms with Crippen molar-refractivity contribution in [3.8, 4) is 0 Å². The minimum atomic E-state index is -0.173. The maximum Gasteiger partial charge on any atom is 0.305 e. The van der Waals surface area contributed by atoms with Crippen LogP contribution in [0.5, 0.6) is 0 Å². The number of unbranched alkanes of at least 4 members (excludes halogenated alkanes) is 1. The normalized spacial score (nSPS) is 15.2. The van der Waals surface area contributed by atoms with Gasteiger partial charge in [-0.15, -0.1) is 0 Å². The van der Waals surface area contributed by atoms with Crippen molar-refractivity contribution in [2.45, 2.75) is 58.4 Å². The van der Waals surface area contributed by atoms with Gasteiger partial charge in [0.25, 0.3) is 0 Å². The molecule has 0 bridgehead atoms. The second kappa shape index (κ2) is 10.2. The molecule has 1 aromatic rings. The molecule has 0 aliphatic carbocycles. The summed E-state index contributed by atoms with van der Waals surface area (Å²) in [6.45, 7) is 5.47. The lowest BCUT2D eigenvalue weighted by molar-refractivity contribution is -0.143. The summed E-state index contributed by atoms with van der Waals surface area (Å²) >= 11 is 0. The Morgan fingerprint density at radius 3 is 2.58 bits per heavy atom. The fourth-order valence-electron chi connectivity index (χ4n) is 3.15. The van der Waals surface area contributed by atoms with Gasteiger partial charge in [0.15, 0.2) is 5.78 Å². The number of benzene rings is 1. The number of rotatable bonds is 9. The van der Waals surface area contributed by atoms with Gasteiger partial charge in [-0.1, -0.05) is 24.6 Å². The van der Waals surface area contributed by atoms with Crippen molar-refractivity contribution in [2.24, 2.45) is 0 Å².